The molecule has 0 spiro atoms. The van der Waals surface area contributed by atoms with Gasteiger partial charge in [0, 0.05) is 10.5 Å². The van der Waals surface area contributed by atoms with Crippen LogP contribution in [0.3, 0.4) is 0 Å². The Balaban J connectivity index is 0.000000545. The zero-order valence-corrected chi connectivity index (χ0v) is 12.0. The van der Waals surface area contributed by atoms with Crippen LogP contribution < -0.4 is 0 Å². The predicted molar refractivity (Wildman–Crippen MR) is 77.3 cm³/mol. The number of H-pyrrole nitrogens is 1. The maximum absolute atomic E-state index is 13.7. The molecule has 7 heteroatoms. The highest BCUT2D eigenvalue weighted by Crippen LogP contribution is 2.28. The number of benzene rings is 2. The van der Waals surface area contributed by atoms with Crippen molar-refractivity contribution in [3.8, 4) is 11.1 Å². The van der Waals surface area contributed by atoms with Crippen molar-refractivity contribution in [3.05, 3.63) is 60.5 Å². The van der Waals surface area contributed by atoms with Gasteiger partial charge in [0.05, 0.1) is 6.20 Å². The van der Waals surface area contributed by atoms with Gasteiger partial charge in [-0.2, -0.15) is 19.9 Å². The summed E-state index contributed by atoms with van der Waals surface area (Å²) in [6.45, 7) is 0. The van der Waals surface area contributed by atoms with Crippen molar-refractivity contribution in [1.82, 2.24) is 15.4 Å². The van der Waals surface area contributed by atoms with Crippen molar-refractivity contribution in [1.29, 1.82) is 0 Å². The zero-order valence-electron chi connectivity index (χ0n) is 11.2. The largest absolute Gasteiger partial charge is 0.373 e. The Kier molecular flexibility index (Phi) is 5.59. The second-order valence-corrected chi connectivity index (χ2v) is 5.09. The number of rotatable bonds is 3. The first-order valence-electron chi connectivity index (χ1n) is 6.12. The molecule has 0 saturated carbocycles. The molecule has 2 aromatic carbocycles. The Hall–Kier alpha value is -2.76. The fraction of sp³-hybridized carbons (Fsp3) is 0. The van der Waals surface area contributed by atoms with Crippen molar-refractivity contribution in [2.75, 3.05) is 0 Å². The lowest BCUT2D eigenvalue weighted by Crippen LogP contribution is -1.83. The Bertz CT molecular complexity index is 755. The Morgan fingerprint density at radius 1 is 1.05 bits per heavy atom. The summed E-state index contributed by atoms with van der Waals surface area (Å²) in [5.41, 5.74) is 1.48. The van der Waals surface area contributed by atoms with Crippen LogP contribution in [0.4, 0.5) is 4.39 Å². The molecule has 0 aliphatic rings. The lowest BCUT2D eigenvalue weighted by Gasteiger charge is -2.04. The molecule has 0 unspecified atom stereocenters. The molecule has 0 amide bonds. The molecule has 1 heterocycles. The van der Waals surface area contributed by atoms with Crippen LogP contribution >= 0.6 is 11.8 Å². The molecule has 3 aromatic rings. The molecule has 1 N–H and O–H groups in total. The molecule has 3 rings (SSSR count). The zero-order chi connectivity index (χ0) is 15.8. The van der Waals surface area contributed by atoms with E-state index in [0.717, 1.165) is 15.5 Å². The van der Waals surface area contributed by atoms with E-state index in [1.54, 1.807) is 18.3 Å². The van der Waals surface area contributed by atoms with Crippen LogP contribution in [-0.2, 0) is 9.59 Å². The molecule has 22 heavy (non-hydrogen) atoms. The van der Waals surface area contributed by atoms with E-state index < -0.39 is 0 Å². The maximum Gasteiger partial charge on any atom is 0.373 e. The average Bonchev–Trinajstić information content (AvgIpc) is 3.03. The van der Waals surface area contributed by atoms with Crippen molar-refractivity contribution in [2.24, 2.45) is 0 Å². The van der Waals surface area contributed by atoms with E-state index in [4.69, 9.17) is 9.59 Å². The van der Waals surface area contributed by atoms with Crippen LogP contribution in [0.2, 0.25) is 0 Å². The van der Waals surface area contributed by atoms with Crippen LogP contribution in [0.1, 0.15) is 0 Å². The topological polar surface area (TPSA) is 75.7 Å². The first-order chi connectivity index (χ1) is 10.7. The molecule has 5 nitrogen and oxygen atoms in total. The van der Waals surface area contributed by atoms with Crippen molar-refractivity contribution in [3.63, 3.8) is 0 Å². The van der Waals surface area contributed by atoms with E-state index in [0.29, 0.717) is 5.56 Å². The summed E-state index contributed by atoms with van der Waals surface area (Å²) in [6.07, 6.45) is 1.91. The van der Waals surface area contributed by atoms with Crippen LogP contribution in [0.15, 0.2) is 64.6 Å². The third-order valence-corrected chi connectivity index (χ3v) is 3.57. The monoisotopic (exact) mass is 315 g/mol. The fourth-order valence-electron chi connectivity index (χ4n) is 1.76. The summed E-state index contributed by atoms with van der Waals surface area (Å²) >= 11 is 1.50. The molecule has 0 saturated heterocycles. The third-order valence-electron chi connectivity index (χ3n) is 2.65. The van der Waals surface area contributed by atoms with Gasteiger partial charge < -0.3 is 0 Å². The highest BCUT2D eigenvalue weighted by Gasteiger charge is 2.05. The first-order valence-corrected chi connectivity index (χ1v) is 6.94. The smallest absolute Gasteiger partial charge is 0.206 e. The number of carbonyl (C=O) groups excluding carboxylic acids is 2. The molecule has 0 atom stereocenters. The van der Waals surface area contributed by atoms with Crippen LogP contribution in [0.25, 0.3) is 11.1 Å². The van der Waals surface area contributed by atoms with Crippen molar-refractivity contribution in [2.45, 2.75) is 9.92 Å². The first kappa shape index (κ1) is 15.6. The Morgan fingerprint density at radius 3 is 2.32 bits per heavy atom. The van der Waals surface area contributed by atoms with Crippen LogP contribution in [-0.4, -0.2) is 21.6 Å². The molecular weight excluding hydrogens is 305 g/mol. The minimum absolute atomic E-state index is 0.209. The molecule has 110 valence electrons. The van der Waals surface area contributed by atoms with E-state index in [2.05, 4.69) is 15.4 Å². The lowest BCUT2D eigenvalue weighted by molar-refractivity contribution is -0.191. The van der Waals surface area contributed by atoms with Gasteiger partial charge in [-0.05, 0) is 23.8 Å². The second-order valence-electron chi connectivity index (χ2n) is 4.00. The van der Waals surface area contributed by atoms with Gasteiger partial charge in [0.15, 0.2) is 0 Å². The van der Waals surface area contributed by atoms with Crippen LogP contribution in [0, 0.1) is 5.82 Å². The molecule has 0 bridgehead atoms. The van der Waals surface area contributed by atoms with Gasteiger partial charge in [-0.1, -0.05) is 42.1 Å². The summed E-state index contributed by atoms with van der Waals surface area (Å²) in [5, 5.41) is 11.1. The third kappa shape index (κ3) is 4.12. The highest BCUT2D eigenvalue weighted by atomic mass is 32.2. The standard InChI is InChI=1S/C14H10FN3S.CO2/c15-13-4-2-1-3-12(13)10-5-7-11(8-6-10)19-14-9-16-18-17-14;2-1-3/h1-9H,(H,16,17,18);. The predicted octanol–water partition coefficient (Wildman–Crippen LogP) is 3.18. The summed E-state index contributed by atoms with van der Waals surface area (Å²) in [6, 6.07) is 14.5. The second kappa shape index (κ2) is 7.87. The van der Waals surface area contributed by atoms with Gasteiger partial charge >= 0.3 is 6.15 Å². The molecular formula is C15H10FN3O2S. The van der Waals surface area contributed by atoms with E-state index in [-0.39, 0.29) is 12.0 Å². The van der Waals surface area contributed by atoms with Crippen molar-refractivity contribution >= 4 is 17.9 Å². The Labute approximate surface area is 129 Å². The number of hydrogen-bond donors (Lipinski definition) is 1. The number of halogens is 1. The van der Waals surface area contributed by atoms with Gasteiger partial charge in [-0.25, -0.2) is 4.39 Å². The number of nitrogens with one attached hydrogen (secondary N) is 1. The molecule has 0 fully saturated rings. The number of aromatic nitrogens is 3. The SMILES string of the molecule is Fc1ccccc1-c1ccc(Sc2cn[nH]n2)cc1.O=C=O. The number of nitrogens with zero attached hydrogens (tertiary/aromatic N) is 2. The quantitative estimate of drug-likeness (QED) is 0.803. The minimum atomic E-state index is -0.209. The van der Waals surface area contributed by atoms with Gasteiger partial charge in [0.25, 0.3) is 0 Å². The molecule has 1 aromatic heterocycles. The van der Waals surface area contributed by atoms with Gasteiger partial charge in [-0.3, -0.25) is 0 Å². The van der Waals surface area contributed by atoms with E-state index >= 15 is 0 Å². The average molecular weight is 315 g/mol. The molecule has 0 aliphatic carbocycles. The van der Waals surface area contributed by atoms with E-state index in [9.17, 15) is 4.39 Å². The van der Waals surface area contributed by atoms with Crippen molar-refractivity contribution < 1.29 is 14.0 Å². The number of hydrogen-bond acceptors (Lipinski definition) is 5. The van der Waals surface area contributed by atoms with E-state index in [1.807, 2.05) is 30.3 Å². The summed E-state index contributed by atoms with van der Waals surface area (Å²) in [4.78, 5) is 17.3. The number of aromatic amines is 1. The summed E-state index contributed by atoms with van der Waals surface area (Å²) in [7, 11) is 0. The Morgan fingerprint density at radius 2 is 1.73 bits per heavy atom. The summed E-state index contributed by atoms with van der Waals surface area (Å²) < 4.78 is 13.7. The fourth-order valence-corrected chi connectivity index (χ4v) is 2.46. The lowest BCUT2D eigenvalue weighted by atomic mass is 10.1. The molecule has 0 aliphatic heterocycles. The van der Waals surface area contributed by atoms with Gasteiger partial charge in [0.1, 0.15) is 10.8 Å². The van der Waals surface area contributed by atoms with Crippen LogP contribution in [0.5, 0.6) is 0 Å². The maximum atomic E-state index is 13.7. The molecule has 0 radical (unpaired) electrons. The minimum Gasteiger partial charge on any atom is -0.206 e. The summed E-state index contributed by atoms with van der Waals surface area (Å²) in [5.74, 6) is -0.209. The van der Waals surface area contributed by atoms with Gasteiger partial charge in [0.2, 0.25) is 0 Å². The van der Waals surface area contributed by atoms with Gasteiger partial charge in [-0.15, -0.1) is 5.10 Å². The van der Waals surface area contributed by atoms with E-state index in [1.165, 1.54) is 17.8 Å². The highest BCUT2D eigenvalue weighted by molar-refractivity contribution is 7.99. The normalized spacial score (nSPS) is 9.50.